The molecule has 0 saturated carbocycles. The molecule has 8 heteroatoms. The van der Waals surface area contributed by atoms with Gasteiger partial charge >= 0.3 is 7.60 Å². The Morgan fingerprint density at radius 3 is 2.45 bits per heavy atom. The van der Waals surface area contributed by atoms with E-state index < -0.39 is 7.60 Å². The van der Waals surface area contributed by atoms with Gasteiger partial charge in [0.1, 0.15) is 0 Å². The molecule has 0 atom stereocenters. The zero-order chi connectivity index (χ0) is 16.3. The van der Waals surface area contributed by atoms with Crippen LogP contribution in [-0.2, 0) is 20.0 Å². The van der Waals surface area contributed by atoms with Gasteiger partial charge in [0.2, 0.25) is 0 Å². The van der Waals surface area contributed by atoms with Crippen molar-refractivity contribution >= 4 is 29.3 Å². The Kier molecular flexibility index (Phi) is 5.55. The van der Waals surface area contributed by atoms with E-state index in [-0.39, 0.29) is 24.2 Å². The van der Waals surface area contributed by atoms with Gasteiger partial charge in [-0.1, -0.05) is 13.3 Å². The van der Waals surface area contributed by atoms with E-state index in [1.807, 2.05) is 13.8 Å². The quantitative estimate of drug-likeness (QED) is 0.722. The number of nitrogens with zero attached hydrogens (tertiary/aromatic N) is 2. The second kappa shape index (κ2) is 7.04. The Bertz CT molecular complexity index is 758. The lowest BCUT2D eigenvalue weighted by molar-refractivity contribution is 0.229. The fourth-order valence-electron chi connectivity index (χ4n) is 2.31. The number of aromatic nitrogens is 2. The van der Waals surface area contributed by atoms with E-state index >= 15 is 0 Å². The van der Waals surface area contributed by atoms with E-state index in [2.05, 4.69) is 4.98 Å². The van der Waals surface area contributed by atoms with Crippen LogP contribution in [0.25, 0.3) is 4.96 Å². The third kappa shape index (κ3) is 3.04. The van der Waals surface area contributed by atoms with Crippen molar-refractivity contribution in [2.24, 2.45) is 0 Å². The second-order valence-electron chi connectivity index (χ2n) is 4.78. The minimum Gasteiger partial charge on any atom is -0.304 e. The lowest BCUT2D eigenvalue weighted by Gasteiger charge is -2.16. The molecule has 122 valence electrons. The Balaban J connectivity index is 2.73. The summed E-state index contributed by atoms with van der Waals surface area (Å²) in [6.07, 6.45) is 1.49. The van der Waals surface area contributed by atoms with Crippen molar-refractivity contribution in [2.75, 3.05) is 13.2 Å². The van der Waals surface area contributed by atoms with Crippen LogP contribution in [0.3, 0.4) is 0 Å². The highest BCUT2D eigenvalue weighted by Gasteiger charge is 2.32. The monoisotopic (exact) mass is 344 g/mol. The molecule has 0 unspecified atom stereocenters. The summed E-state index contributed by atoms with van der Waals surface area (Å²) in [5.41, 5.74) is 1.47. The molecule has 6 nitrogen and oxygen atoms in total. The van der Waals surface area contributed by atoms with Crippen molar-refractivity contribution in [3.8, 4) is 0 Å². The van der Waals surface area contributed by atoms with Gasteiger partial charge in [0, 0.05) is 16.6 Å². The first-order chi connectivity index (χ1) is 10.5. The second-order valence-corrected chi connectivity index (χ2v) is 7.58. The molecule has 0 saturated heterocycles. The molecule has 0 spiro atoms. The summed E-state index contributed by atoms with van der Waals surface area (Å²) in [5.74, 6) is 0. The maximum absolute atomic E-state index is 13.0. The predicted molar refractivity (Wildman–Crippen MR) is 88.6 cm³/mol. The van der Waals surface area contributed by atoms with E-state index in [1.54, 1.807) is 19.2 Å². The van der Waals surface area contributed by atoms with Gasteiger partial charge in [-0.25, -0.2) is 9.38 Å². The van der Waals surface area contributed by atoms with Crippen molar-refractivity contribution < 1.29 is 13.6 Å². The standard InChI is InChI=1S/C14H21N2O4PS/c1-5-8-11-10(4)15-14-16(13(11)17)12(9-22-14)21(18,19-6-2)20-7-3/h9H,5-8H2,1-4H3. The summed E-state index contributed by atoms with van der Waals surface area (Å²) in [6.45, 7) is 7.81. The number of rotatable bonds is 7. The summed E-state index contributed by atoms with van der Waals surface area (Å²) >= 11 is 1.27. The highest BCUT2D eigenvalue weighted by Crippen LogP contribution is 2.47. The van der Waals surface area contributed by atoms with Crippen molar-refractivity contribution in [2.45, 2.75) is 40.5 Å². The van der Waals surface area contributed by atoms with Gasteiger partial charge in [-0.2, -0.15) is 0 Å². The molecular formula is C14H21N2O4PS. The molecule has 2 aromatic heterocycles. The fourth-order valence-corrected chi connectivity index (χ4v) is 5.30. The molecule has 0 aromatic carbocycles. The molecule has 2 aromatic rings. The van der Waals surface area contributed by atoms with Gasteiger partial charge < -0.3 is 9.05 Å². The number of thiazole rings is 1. The normalized spacial score (nSPS) is 12.2. The van der Waals surface area contributed by atoms with E-state index in [0.717, 1.165) is 12.1 Å². The molecule has 0 aliphatic heterocycles. The Hall–Kier alpha value is -1.01. The topological polar surface area (TPSA) is 69.9 Å². The predicted octanol–water partition coefficient (Wildman–Crippen LogP) is 2.91. The van der Waals surface area contributed by atoms with Gasteiger partial charge in [-0.05, 0) is 27.2 Å². The molecule has 2 rings (SSSR count). The molecule has 0 aliphatic carbocycles. The molecule has 0 bridgehead atoms. The summed E-state index contributed by atoms with van der Waals surface area (Å²) in [7, 11) is -3.52. The van der Waals surface area contributed by atoms with E-state index in [1.165, 1.54) is 15.7 Å². The van der Waals surface area contributed by atoms with Gasteiger partial charge in [0.25, 0.3) is 5.56 Å². The third-order valence-corrected chi connectivity index (χ3v) is 6.32. The first kappa shape index (κ1) is 17.3. The van der Waals surface area contributed by atoms with Crippen LogP contribution in [0.1, 0.15) is 38.4 Å². The zero-order valence-electron chi connectivity index (χ0n) is 13.3. The van der Waals surface area contributed by atoms with Crippen LogP contribution in [0.5, 0.6) is 0 Å². The molecule has 0 N–H and O–H groups in total. The summed E-state index contributed by atoms with van der Waals surface area (Å²) in [4.78, 5) is 17.7. The fraction of sp³-hybridized carbons (Fsp3) is 0.571. The van der Waals surface area contributed by atoms with Crippen LogP contribution in [-0.4, -0.2) is 22.6 Å². The highest BCUT2D eigenvalue weighted by atomic mass is 32.1. The Morgan fingerprint density at radius 1 is 1.27 bits per heavy atom. The van der Waals surface area contributed by atoms with Crippen LogP contribution in [0.4, 0.5) is 0 Å². The molecule has 0 radical (unpaired) electrons. The minimum absolute atomic E-state index is 0.180. The third-order valence-electron chi connectivity index (χ3n) is 3.23. The molecule has 0 fully saturated rings. The van der Waals surface area contributed by atoms with Gasteiger partial charge in [0.15, 0.2) is 10.4 Å². The Morgan fingerprint density at radius 2 is 1.91 bits per heavy atom. The number of fused-ring (bicyclic) bond motifs is 1. The maximum atomic E-state index is 13.0. The van der Waals surface area contributed by atoms with Crippen LogP contribution in [0.2, 0.25) is 0 Å². The summed E-state index contributed by atoms with van der Waals surface area (Å²) in [6, 6.07) is 0. The van der Waals surface area contributed by atoms with Crippen LogP contribution in [0.15, 0.2) is 10.2 Å². The van der Waals surface area contributed by atoms with Crippen LogP contribution >= 0.6 is 18.9 Å². The first-order valence-corrected chi connectivity index (χ1v) is 9.80. The van der Waals surface area contributed by atoms with Crippen LogP contribution in [0, 0.1) is 6.92 Å². The lowest BCUT2D eigenvalue weighted by atomic mass is 10.1. The highest BCUT2D eigenvalue weighted by molar-refractivity contribution is 7.62. The molecular weight excluding hydrogens is 323 g/mol. The Labute approximate surface area is 133 Å². The number of aryl methyl sites for hydroxylation is 1. The number of hydrogen-bond acceptors (Lipinski definition) is 6. The zero-order valence-corrected chi connectivity index (χ0v) is 15.0. The smallest absolute Gasteiger partial charge is 0.304 e. The van der Waals surface area contributed by atoms with Gasteiger partial charge in [-0.3, -0.25) is 9.36 Å². The first-order valence-electron chi connectivity index (χ1n) is 7.37. The van der Waals surface area contributed by atoms with Gasteiger partial charge in [0.05, 0.1) is 13.2 Å². The van der Waals surface area contributed by atoms with Crippen LogP contribution < -0.4 is 11.0 Å². The molecule has 22 heavy (non-hydrogen) atoms. The van der Waals surface area contributed by atoms with E-state index in [4.69, 9.17) is 9.05 Å². The molecule has 0 amide bonds. The molecule has 0 aliphatic rings. The number of hydrogen-bond donors (Lipinski definition) is 0. The maximum Gasteiger partial charge on any atom is 0.378 e. The van der Waals surface area contributed by atoms with Crippen molar-refractivity contribution in [1.82, 2.24) is 9.38 Å². The average Bonchev–Trinajstić information content (AvgIpc) is 2.88. The summed E-state index contributed by atoms with van der Waals surface area (Å²) in [5, 5.41) is 1.64. The largest absolute Gasteiger partial charge is 0.378 e. The van der Waals surface area contributed by atoms with Crippen molar-refractivity contribution in [1.29, 1.82) is 0 Å². The summed E-state index contributed by atoms with van der Waals surface area (Å²) < 4.78 is 25.1. The van der Waals surface area contributed by atoms with E-state index in [0.29, 0.717) is 16.9 Å². The van der Waals surface area contributed by atoms with E-state index in [9.17, 15) is 9.36 Å². The SMILES string of the molecule is CCCc1c(C)nc2scc(P(=O)(OCC)OCC)n2c1=O. The lowest BCUT2D eigenvalue weighted by Crippen LogP contribution is -2.29. The van der Waals surface area contributed by atoms with Crippen molar-refractivity contribution in [3.05, 3.63) is 27.0 Å². The van der Waals surface area contributed by atoms with Gasteiger partial charge in [-0.15, -0.1) is 11.3 Å². The molecule has 2 heterocycles. The van der Waals surface area contributed by atoms with Crippen molar-refractivity contribution in [3.63, 3.8) is 0 Å². The minimum atomic E-state index is -3.52. The average molecular weight is 344 g/mol.